The number of nitrogens with zero attached hydrogens (tertiary/aromatic N) is 3. The van der Waals surface area contributed by atoms with Gasteiger partial charge in [-0.05, 0) is 56.1 Å². The van der Waals surface area contributed by atoms with Crippen LogP contribution in [0.2, 0.25) is 0 Å². The molecule has 0 unspecified atom stereocenters. The fourth-order valence-corrected chi connectivity index (χ4v) is 5.78. The van der Waals surface area contributed by atoms with E-state index in [1.165, 1.54) is 24.0 Å². The zero-order valence-corrected chi connectivity index (χ0v) is 27.3. The first-order valence-corrected chi connectivity index (χ1v) is 14.1. The fraction of sp³-hybridized carbons (Fsp3) is 0.333. The smallest absolute Gasteiger partial charge is 0.527 e. The number of imidazole rings is 1. The molecule has 0 saturated heterocycles. The minimum atomic E-state index is -0.0674. The van der Waals surface area contributed by atoms with Crippen molar-refractivity contribution in [3.8, 4) is 28.4 Å². The zero-order chi connectivity index (χ0) is 28.3. The van der Waals surface area contributed by atoms with E-state index in [0.29, 0.717) is 0 Å². The van der Waals surface area contributed by atoms with Crippen molar-refractivity contribution >= 4 is 11.0 Å². The van der Waals surface area contributed by atoms with Gasteiger partial charge in [0.05, 0.1) is 16.6 Å². The molecular formula is C36H37IrN3O+. The van der Waals surface area contributed by atoms with Gasteiger partial charge in [0, 0.05) is 11.9 Å². The van der Waals surface area contributed by atoms with Crippen LogP contribution in [-0.4, -0.2) is 9.55 Å². The predicted octanol–water partition coefficient (Wildman–Crippen LogP) is 8.27. The number of fused-ring (bicyclic) bond motifs is 3. The van der Waals surface area contributed by atoms with Gasteiger partial charge in [-0.2, -0.15) is 11.6 Å². The molecule has 5 heteroatoms. The van der Waals surface area contributed by atoms with Gasteiger partial charge in [-0.15, -0.1) is 47.5 Å². The van der Waals surface area contributed by atoms with E-state index in [1.54, 1.807) is 6.20 Å². The number of aromatic nitrogens is 3. The van der Waals surface area contributed by atoms with E-state index >= 15 is 0 Å². The van der Waals surface area contributed by atoms with Crippen molar-refractivity contribution in [2.75, 3.05) is 0 Å². The first-order valence-electron chi connectivity index (χ1n) is 14.1. The topological polar surface area (TPSA) is 30.9 Å². The normalized spacial score (nSPS) is 15.9. The third-order valence-electron chi connectivity index (χ3n) is 8.21. The van der Waals surface area contributed by atoms with Gasteiger partial charge in [-0.3, -0.25) is 0 Å². The van der Waals surface area contributed by atoms with Crippen LogP contribution in [0.25, 0.3) is 28.0 Å². The maximum Gasteiger partial charge on any atom is 3.00 e. The number of hydrogen-bond donors (Lipinski definition) is 0. The van der Waals surface area contributed by atoms with E-state index in [4.69, 9.17) is 4.74 Å². The Kier molecular flexibility index (Phi) is 7.51. The summed E-state index contributed by atoms with van der Waals surface area (Å²) in [5, 5.41) is 0. The average molecular weight is 720 g/mol. The molecule has 3 aromatic carbocycles. The Hall–Kier alpha value is -3.27. The molecule has 2 aliphatic rings. The third-order valence-corrected chi connectivity index (χ3v) is 8.21. The molecule has 3 heterocycles. The molecule has 4 nitrogen and oxygen atoms in total. The molecule has 5 aromatic rings. The van der Waals surface area contributed by atoms with Crippen LogP contribution in [0.3, 0.4) is 0 Å². The molecule has 0 fully saturated rings. The van der Waals surface area contributed by atoms with Crippen molar-refractivity contribution in [1.29, 1.82) is 0 Å². The molecular weight excluding hydrogens is 683 g/mol. The SMILES string of the molecule is CC1(C)CCC(C)(C)c2cc3c([c-]c21)-[n+]1[c-]n(C(C)(C)C)c2cccc(c21)O3.[Ir+3].[c-]1ccccc1-c1ccccn1. The maximum atomic E-state index is 6.42. The van der Waals surface area contributed by atoms with Crippen molar-refractivity contribution in [3.05, 3.63) is 103 Å². The van der Waals surface area contributed by atoms with E-state index in [9.17, 15) is 0 Å². The Morgan fingerprint density at radius 1 is 0.902 bits per heavy atom. The second kappa shape index (κ2) is 10.5. The Balaban J connectivity index is 0.000000218. The van der Waals surface area contributed by atoms with Crippen LogP contribution >= 0.6 is 0 Å². The van der Waals surface area contributed by atoms with Crippen molar-refractivity contribution in [2.45, 2.75) is 77.7 Å². The quantitative estimate of drug-likeness (QED) is 0.127. The molecule has 0 radical (unpaired) electrons. The number of pyridine rings is 1. The standard InChI is InChI=1S/C25H29N2O.C11H8N.Ir/c1-23(2,3)27-15-26-19-13-16-17(25(6,7)12-11-24(16,4)5)14-21(19)28-20-10-8-9-18(27)22(20)26;1-2-6-10(7-3-1)11-8-4-5-9-12-11;/h8-10,14H,11-12H2,1-7H3;1-6,8-9H;/q2*-1;+3. The molecule has 2 aromatic heterocycles. The van der Waals surface area contributed by atoms with Crippen molar-refractivity contribution in [3.63, 3.8) is 0 Å². The third kappa shape index (κ3) is 5.26. The number of hydrogen-bond acceptors (Lipinski definition) is 2. The summed E-state index contributed by atoms with van der Waals surface area (Å²) < 4.78 is 10.8. The molecule has 0 amide bonds. The van der Waals surface area contributed by atoms with E-state index in [-0.39, 0.29) is 36.5 Å². The van der Waals surface area contributed by atoms with Gasteiger partial charge in [0.15, 0.2) is 0 Å². The second-order valence-corrected chi connectivity index (χ2v) is 13.2. The molecule has 210 valence electrons. The first kappa shape index (κ1) is 29.2. The molecule has 0 N–H and O–H groups in total. The molecule has 0 saturated carbocycles. The molecule has 41 heavy (non-hydrogen) atoms. The Labute approximate surface area is 257 Å². The van der Waals surface area contributed by atoms with Crippen LogP contribution in [0.4, 0.5) is 0 Å². The molecule has 0 atom stereocenters. The van der Waals surface area contributed by atoms with Crippen LogP contribution in [0.5, 0.6) is 11.5 Å². The Morgan fingerprint density at radius 3 is 2.34 bits per heavy atom. The summed E-state index contributed by atoms with van der Waals surface area (Å²) in [6, 6.07) is 29.1. The summed E-state index contributed by atoms with van der Waals surface area (Å²) in [6.07, 6.45) is 7.75. The van der Waals surface area contributed by atoms with Crippen LogP contribution in [-0.2, 0) is 36.5 Å². The summed E-state index contributed by atoms with van der Waals surface area (Å²) in [7, 11) is 0. The molecule has 7 rings (SSSR count). The molecule has 1 aliphatic carbocycles. The van der Waals surface area contributed by atoms with Crippen molar-refractivity contribution < 1.29 is 29.4 Å². The van der Waals surface area contributed by atoms with Crippen LogP contribution in [0, 0.1) is 18.5 Å². The minimum absolute atomic E-state index is 0. The van der Waals surface area contributed by atoms with Gasteiger partial charge in [0.25, 0.3) is 0 Å². The number of ether oxygens (including phenoxy) is 1. The fourth-order valence-electron chi connectivity index (χ4n) is 5.78. The Morgan fingerprint density at radius 2 is 1.66 bits per heavy atom. The van der Waals surface area contributed by atoms with Crippen LogP contribution in [0.15, 0.2) is 72.9 Å². The first-order chi connectivity index (χ1) is 19.0. The molecule has 0 spiro atoms. The Bertz CT molecular complexity index is 1660. The van der Waals surface area contributed by atoms with E-state index in [0.717, 1.165) is 39.5 Å². The number of rotatable bonds is 1. The van der Waals surface area contributed by atoms with Gasteiger partial charge >= 0.3 is 20.1 Å². The van der Waals surface area contributed by atoms with E-state index in [1.807, 2.05) is 42.5 Å². The minimum Gasteiger partial charge on any atom is -0.527 e. The average Bonchev–Trinajstić information content (AvgIpc) is 3.34. The maximum absolute atomic E-state index is 6.42. The molecule has 1 aliphatic heterocycles. The second-order valence-electron chi connectivity index (χ2n) is 13.2. The molecule has 0 bridgehead atoms. The summed E-state index contributed by atoms with van der Waals surface area (Å²) in [5.74, 6) is 1.78. The largest absolute Gasteiger partial charge is 3.00 e. The number of para-hydroxylation sites is 1. The van der Waals surface area contributed by atoms with Gasteiger partial charge in [0.1, 0.15) is 5.75 Å². The van der Waals surface area contributed by atoms with Gasteiger partial charge in [-0.1, -0.05) is 63.8 Å². The van der Waals surface area contributed by atoms with Gasteiger partial charge < -0.3 is 18.9 Å². The summed E-state index contributed by atoms with van der Waals surface area (Å²) in [5.41, 5.74) is 8.09. The summed E-state index contributed by atoms with van der Waals surface area (Å²) >= 11 is 0. The van der Waals surface area contributed by atoms with Crippen molar-refractivity contribution in [2.24, 2.45) is 0 Å². The monoisotopic (exact) mass is 720 g/mol. The summed E-state index contributed by atoms with van der Waals surface area (Å²) in [6.45, 7) is 16.0. The summed E-state index contributed by atoms with van der Waals surface area (Å²) in [4.78, 5) is 4.22. The zero-order valence-electron chi connectivity index (χ0n) is 24.9. The van der Waals surface area contributed by atoms with E-state index < -0.39 is 0 Å². The number of benzene rings is 3. The van der Waals surface area contributed by atoms with E-state index in [2.05, 4.69) is 105 Å². The van der Waals surface area contributed by atoms with Crippen LogP contribution < -0.4 is 9.30 Å². The van der Waals surface area contributed by atoms with Gasteiger partial charge in [-0.25, -0.2) is 0 Å². The van der Waals surface area contributed by atoms with Gasteiger partial charge in [0.2, 0.25) is 6.33 Å². The van der Waals surface area contributed by atoms with Crippen LogP contribution in [0.1, 0.15) is 72.4 Å². The predicted molar refractivity (Wildman–Crippen MR) is 160 cm³/mol. The van der Waals surface area contributed by atoms with Crippen molar-refractivity contribution in [1.82, 2.24) is 9.55 Å².